The monoisotopic (exact) mass is 1830 g/mol. The number of fused-ring (bicyclic) bond motifs is 13. The van der Waals surface area contributed by atoms with Gasteiger partial charge in [0.1, 0.15) is 0 Å². The summed E-state index contributed by atoms with van der Waals surface area (Å²) in [6.07, 6.45) is 7.62. The van der Waals surface area contributed by atoms with E-state index in [1.807, 2.05) is 24.8 Å². The lowest BCUT2D eigenvalue weighted by Gasteiger charge is -2.26. The Kier molecular flexibility index (Phi) is 22.9. The average Bonchev–Trinajstić information content (AvgIpc) is 0.763. The Morgan fingerprint density at radius 2 is 0.361 bits per heavy atom. The normalized spacial score (nSPS) is 11.3. The van der Waals surface area contributed by atoms with Crippen LogP contribution in [0.2, 0.25) is 0 Å². The van der Waals surface area contributed by atoms with Crippen molar-refractivity contribution in [1.29, 1.82) is 0 Å². The number of anilines is 6. The van der Waals surface area contributed by atoms with Gasteiger partial charge in [0.05, 0.1) is 44.5 Å². The Hall–Kier alpha value is -19.3. The Balaban J connectivity index is 0.000000113. The first kappa shape index (κ1) is 86.3. The molecule has 0 fully saturated rings. The van der Waals surface area contributed by atoms with Gasteiger partial charge >= 0.3 is 0 Å². The van der Waals surface area contributed by atoms with Gasteiger partial charge in [0.15, 0.2) is 0 Å². The van der Waals surface area contributed by atoms with Crippen molar-refractivity contribution in [1.82, 2.24) is 29.9 Å². The molecule has 0 saturated heterocycles. The maximum absolute atomic E-state index is 5.42. The van der Waals surface area contributed by atoms with E-state index in [2.05, 4.69) is 532 Å². The fourth-order valence-corrected chi connectivity index (χ4v) is 20.8. The molecule has 0 atom stereocenters. The summed E-state index contributed by atoms with van der Waals surface area (Å²) >= 11 is 0. The predicted molar refractivity (Wildman–Crippen MR) is 605 cm³/mol. The first-order valence-electron chi connectivity index (χ1n) is 48.8. The third kappa shape index (κ3) is 16.7. The molecule has 0 amide bonds. The zero-order chi connectivity index (χ0) is 95.6. The van der Waals surface area contributed by atoms with E-state index in [-0.39, 0.29) is 0 Å². The SMILES string of the molecule is c1ccc(-c2cc(-c3ccc4ccccc4c3)nc3c2ccc2c(-c4ccccc4)cc(-c4ccc5ccccc5c4)nc23)cc1.c1ccc(N(c2ccccc2)c2cccc(-c3ccnc4c3ccc3c(-c5cccc(N(c6ccccc6)c6ccccc6)c5)ccnc34)c2)cc1.c1ccc2c(-c3ccc(-c4ccnc5c4ccc4c(-c6ccc(-c7cccc8ccccc78)cc6)ccnc45)cc3)cccc2c1. The van der Waals surface area contributed by atoms with E-state index in [9.17, 15) is 0 Å². The van der Waals surface area contributed by atoms with Crippen molar-refractivity contribution in [3.05, 3.63) is 546 Å². The molecule has 0 aliphatic heterocycles. The van der Waals surface area contributed by atoms with E-state index in [1.54, 1.807) is 0 Å². The molecule has 6 heterocycles. The summed E-state index contributed by atoms with van der Waals surface area (Å²) in [6, 6.07) is 185. The third-order valence-corrected chi connectivity index (χ3v) is 27.7. The van der Waals surface area contributed by atoms with Crippen LogP contribution in [0.5, 0.6) is 0 Å². The Morgan fingerprint density at radius 3 is 0.694 bits per heavy atom. The minimum atomic E-state index is 0.886. The van der Waals surface area contributed by atoms with Crippen molar-refractivity contribution in [2.24, 2.45) is 0 Å². The highest BCUT2D eigenvalue weighted by Gasteiger charge is 2.24. The van der Waals surface area contributed by atoms with Gasteiger partial charge in [0.2, 0.25) is 0 Å². The van der Waals surface area contributed by atoms with Gasteiger partial charge in [-0.2, -0.15) is 0 Å². The minimum absolute atomic E-state index is 0.886. The van der Waals surface area contributed by atoms with Crippen LogP contribution in [0.4, 0.5) is 34.1 Å². The molecule has 0 N–H and O–H groups in total. The number of aromatic nitrogens is 6. The van der Waals surface area contributed by atoms with Gasteiger partial charge in [0.25, 0.3) is 0 Å². The zero-order valence-corrected chi connectivity index (χ0v) is 78.5. The molecule has 0 spiro atoms. The summed E-state index contributed by atoms with van der Waals surface area (Å²) in [5.74, 6) is 0. The second kappa shape index (κ2) is 38.2. The van der Waals surface area contributed by atoms with Crippen LogP contribution in [0.1, 0.15) is 0 Å². The summed E-state index contributed by atoms with van der Waals surface area (Å²) in [5.41, 5.74) is 34.7. The largest absolute Gasteiger partial charge is 0.310 e. The lowest BCUT2D eigenvalue weighted by atomic mass is 9.93. The number of hydrogen-bond acceptors (Lipinski definition) is 8. The summed E-state index contributed by atoms with van der Waals surface area (Å²) in [5, 5.41) is 16.4. The van der Waals surface area contributed by atoms with Gasteiger partial charge in [-0.25, -0.2) is 9.97 Å². The lowest BCUT2D eigenvalue weighted by Crippen LogP contribution is -2.09. The summed E-state index contributed by atoms with van der Waals surface area (Å²) in [6.45, 7) is 0. The molecule has 674 valence electrons. The first-order valence-corrected chi connectivity index (χ1v) is 48.8. The van der Waals surface area contributed by atoms with Crippen LogP contribution in [-0.2, 0) is 0 Å². The van der Waals surface area contributed by atoms with Crippen LogP contribution in [0, 0.1) is 0 Å². The highest BCUT2D eigenvalue weighted by Crippen LogP contribution is 2.47. The average molecular weight is 1840 g/mol. The number of pyridine rings is 6. The quantitative estimate of drug-likeness (QED) is 0.0885. The van der Waals surface area contributed by atoms with Gasteiger partial charge < -0.3 is 9.80 Å². The summed E-state index contributed by atoms with van der Waals surface area (Å²) in [7, 11) is 0. The fourth-order valence-electron chi connectivity index (χ4n) is 20.8. The molecule has 0 aliphatic rings. The maximum Gasteiger partial charge on any atom is 0.0978 e. The molecule has 27 aromatic rings. The highest BCUT2D eigenvalue weighted by atomic mass is 15.1. The smallest absolute Gasteiger partial charge is 0.0978 e. The second-order valence-corrected chi connectivity index (χ2v) is 36.3. The topological polar surface area (TPSA) is 83.8 Å². The van der Waals surface area contributed by atoms with E-state index >= 15 is 0 Å². The number of para-hydroxylation sites is 4. The van der Waals surface area contributed by atoms with Crippen LogP contribution in [0.15, 0.2) is 546 Å². The summed E-state index contributed by atoms with van der Waals surface area (Å²) < 4.78 is 0. The molecule has 6 aromatic heterocycles. The molecule has 8 nitrogen and oxygen atoms in total. The van der Waals surface area contributed by atoms with Crippen LogP contribution in [0.3, 0.4) is 0 Å². The number of nitrogens with zero attached hydrogens (tertiary/aromatic N) is 8. The van der Waals surface area contributed by atoms with Crippen molar-refractivity contribution in [2.75, 3.05) is 9.80 Å². The van der Waals surface area contributed by atoms with E-state index in [0.29, 0.717) is 0 Å². The van der Waals surface area contributed by atoms with E-state index < -0.39 is 0 Å². The van der Waals surface area contributed by atoms with Crippen molar-refractivity contribution >= 4 is 143 Å². The minimum Gasteiger partial charge on any atom is -0.310 e. The number of hydrogen-bond donors (Lipinski definition) is 0. The fraction of sp³-hybridized carbons (Fsp3) is 0. The Bertz CT molecular complexity index is 8870. The van der Waals surface area contributed by atoms with E-state index in [1.165, 1.54) is 65.3 Å². The zero-order valence-electron chi connectivity index (χ0n) is 78.5. The van der Waals surface area contributed by atoms with Gasteiger partial charge in [-0.1, -0.05) is 400 Å². The predicted octanol–water partition coefficient (Wildman–Crippen LogP) is 36.6. The molecule has 8 heteroatoms. The van der Waals surface area contributed by atoms with Crippen molar-refractivity contribution in [3.8, 4) is 112 Å². The van der Waals surface area contributed by atoms with Gasteiger partial charge in [0, 0.05) is 102 Å². The molecule has 0 unspecified atom stereocenters. The molecular weight excluding hydrogens is 1750 g/mol. The van der Waals surface area contributed by atoms with Gasteiger partial charge in [-0.15, -0.1) is 0 Å². The van der Waals surface area contributed by atoms with Crippen LogP contribution in [-0.4, -0.2) is 29.9 Å². The van der Waals surface area contributed by atoms with Crippen molar-refractivity contribution in [3.63, 3.8) is 0 Å². The Morgan fingerprint density at radius 1 is 0.125 bits per heavy atom. The third-order valence-electron chi connectivity index (χ3n) is 27.7. The standard InChI is InChI=1S/C48H34N4.2C44H28N2/c1-5-17-37(18-6-1)51(38-19-7-2-8-20-38)41-25-13-15-35(33-41)43-29-31-49-47-45(43)27-28-46-44(30-32-50-48(46)47)36-16-14-26-42(34-36)52(39-21-9-3-10-22-39)40-23-11-4-12-24-40;1-3-11-35-29(7-1)9-5-13-37(35)31-15-19-33(20-16-31)39-25-27-45-43-41(39)23-24-42-40(26-28-46-44(42)43)34-21-17-32(18-22-34)38-14-6-10-30-8-2-4-12-36(30)38;1-3-13-31(14-4-1)39-27-41(35-21-19-29-11-7-9-17-33(29)25-35)45-43-37(39)23-24-38-40(32-15-5-2-6-16-32)28-42(46-44(38)43)36-22-20-30-12-8-10-18-34(30)26-36/h1-34H;2*1-28H. The second-order valence-electron chi connectivity index (χ2n) is 36.3. The molecule has 144 heavy (non-hydrogen) atoms. The molecular formula is C136H90N8. The number of benzene rings is 21. The molecule has 0 aliphatic carbocycles. The van der Waals surface area contributed by atoms with Crippen LogP contribution >= 0.6 is 0 Å². The van der Waals surface area contributed by atoms with E-state index in [0.717, 1.165) is 189 Å². The van der Waals surface area contributed by atoms with Crippen LogP contribution < -0.4 is 9.80 Å². The Labute approximate surface area is 834 Å². The highest BCUT2D eigenvalue weighted by molar-refractivity contribution is 6.16. The van der Waals surface area contributed by atoms with Crippen molar-refractivity contribution in [2.45, 2.75) is 0 Å². The number of rotatable bonds is 16. The molecule has 0 bridgehead atoms. The molecule has 0 radical (unpaired) electrons. The molecule has 0 saturated carbocycles. The first-order chi connectivity index (χ1) is 71.4. The van der Waals surface area contributed by atoms with Crippen LogP contribution in [0.25, 0.3) is 220 Å². The van der Waals surface area contributed by atoms with Crippen molar-refractivity contribution < 1.29 is 0 Å². The maximum atomic E-state index is 5.42. The molecule has 21 aromatic carbocycles. The lowest BCUT2D eigenvalue weighted by molar-refractivity contribution is 1.28. The van der Waals surface area contributed by atoms with Gasteiger partial charge in [-0.3, -0.25) is 19.9 Å². The summed E-state index contributed by atoms with van der Waals surface area (Å²) in [4.78, 5) is 35.0. The van der Waals surface area contributed by atoms with E-state index in [4.69, 9.17) is 29.9 Å². The molecule has 27 rings (SSSR count). The van der Waals surface area contributed by atoms with Gasteiger partial charge in [-0.05, 0) is 253 Å².